The number of benzene rings is 1. The zero-order chi connectivity index (χ0) is 11.4. The monoisotopic (exact) mass is 289 g/mol. The maximum atomic E-state index is 10.8. The SMILES string of the molecule is Nc1c(C=CCBr)cc(Cl)cc1C(=O)O. The van der Waals surface area contributed by atoms with Gasteiger partial charge in [-0.2, -0.15) is 0 Å². The van der Waals surface area contributed by atoms with Crippen LogP contribution < -0.4 is 5.73 Å². The fourth-order valence-corrected chi connectivity index (χ4v) is 1.54. The van der Waals surface area contributed by atoms with Crippen molar-refractivity contribution >= 4 is 45.3 Å². The van der Waals surface area contributed by atoms with Gasteiger partial charge in [0.05, 0.1) is 11.3 Å². The van der Waals surface area contributed by atoms with Crippen LogP contribution in [0.15, 0.2) is 18.2 Å². The van der Waals surface area contributed by atoms with Crippen LogP contribution >= 0.6 is 27.5 Å². The lowest BCUT2D eigenvalue weighted by atomic mass is 10.1. The number of hydrogen-bond acceptors (Lipinski definition) is 2. The average molecular weight is 291 g/mol. The van der Waals surface area contributed by atoms with Crippen LogP contribution in [0.5, 0.6) is 0 Å². The molecule has 0 heterocycles. The number of halogens is 2. The summed E-state index contributed by atoms with van der Waals surface area (Å²) in [5.41, 5.74) is 6.55. The number of allylic oxidation sites excluding steroid dienone is 1. The van der Waals surface area contributed by atoms with Crippen LogP contribution in [0.2, 0.25) is 5.02 Å². The highest BCUT2D eigenvalue weighted by atomic mass is 79.9. The fourth-order valence-electron chi connectivity index (χ4n) is 1.13. The van der Waals surface area contributed by atoms with Crippen molar-refractivity contribution in [2.45, 2.75) is 0 Å². The largest absolute Gasteiger partial charge is 0.478 e. The predicted molar refractivity (Wildman–Crippen MR) is 65.7 cm³/mol. The van der Waals surface area contributed by atoms with E-state index in [0.717, 1.165) is 0 Å². The maximum Gasteiger partial charge on any atom is 0.337 e. The second kappa shape index (κ2) is 5.19. The summed E-state index contributed by atoms with van der Waals surface area (Å²) in [5.74, 6) is -1.08. The average Bonchev–Trinajstić information content (AvgIpc) is 2.18. The van der Waals surface area contributed by atoms with Crippen molar-refractivity contribution in [3.63, 3.8) is 0 Å². The summed E-state index contributed by atoms with van der Waals surface area (Å²) in [6.07, 6.45) is 3.54. The second-order valence-corrected chi connectivity index (χ2v) is 3.90. The lowest BCUT2D eigenvalue weighted by Gasteiger charge is -2.05. The molecular formula is C10H9BrClNO2. The molecule has 5 heteroatoms. The summed E-state index contributed by atoms with van der Waals surface area (Å²) < 4.78 is 0. The Balaban J connectivity index is 3.28. The molecule has 0 aromatic heterocycles. The molecule has 0 amide bonds. The van der Waals surface area contributed by atoms with Gasteiger partial charge in [-0.1, -0.05) is 39.7 Å². The van der Waals surface area contributed by atoms with E-state index < -0.39 is 5.97 Å². The second-order valence-electron chi connectivity index (χ2n) is 2.82. The molecule has 0 bridgehead atoms. The molecule has 0 spiro atoms. The van der Waals surface area contributed by atoms with E-state index >= 15 is 0 Å². The van der Waals surface area contributed by atoms with Gasteiger partial charge in [0.2, 0.25) is 0 Å². The van der Waals surface area contributed by atoms with E-state index in [0.29, 0.717) is 15.9 Å². The summed E-state index contributed by atoms with van der Waals surface area (Å²) >= 11 is 9.00. The van der Waals surface area contributed by atoms with E-state index in [1.807, 2.05) is 6.08 Å². The Kier molecular flexibility index (Phi) is 4.17. The number of nitrogen functional groups attached to an aromatic ring is 1. The Morgan fingerprint density at radius 2 is 2.27 bits per heavy atom. The number of carbonyl (C=O) groups is 1. The van der Waals surface area contributed by atoms with E-state index in [2.05, 4.69) is 15.9 Å². The first-order valence-corrected chi connectivity index (χ1v) is 5.61. The van der Waals surface area contributed by atoms with Crippen molar-refractivity contribution in [3.05, 3.63) is 34.4 Å². The zero-order valence-electron chi connectivity index (χ0n) is 7.71. The fraction of sp³-hybridized carbons (Fsp3) is 0.100. The molecule has 0 fully saturated rings. The summed E-state index contributed by atoms with van der Waals surface area (Å²) in [4.78, 5) is 10.8. The van der Waals surface area contributed by atoms with Gasteiger partial charge in [-0.15, -0.1) is 0 Å². The van der Waals surface area contributed by atoms with Crippen molar-refractivity contribution in [2.75, 3.05) is 11.1 Å². The molecule has 3 nitrogen and oxygen atoms in total. The Bertz CT molecular complexity index is 418. The minimum absolute atomic E-state index is 0.0247. The molecule has 15 heavy (non-hydrogen) atoms. The third-order valence-corrected chi connectivity index (χ3v) is 2.39. The highest BCUT2D eigenvalue weighted by Gasteiger charge is 2.11. The van der Waals surface area contributed by atoms with Crippen LogP contribution in [0.4, 0.5) is 5.69 Å². The first-order chi connectivity index (χ1) is 7.06. The molecule has 0 saturated heterocycles. The number of aromatic carboxylic acids is 1. The topological polar surface area (TPSA) is 63.3 Å². The lowest BCUT2D eigenvalue weighted by molar-refractivity contribution is 0.0698. The molecule has 0 atom stereocenters. The number of rotatable bonds is 3. The number of nitrogens with two attached hydrogens (primary N) is 1. The van der Waals surface area contributed by atoms with Crippen molar-refractivity contribution < 1.29 is 9.90 Å². The van der Waals surface area contributed by atoms with E-state index in [4.69, 9.17) is 22.4 Å². The van der Waals surface area contributed by atoms with E-state index in [9.17, 15) is 4.79 Å². The minimum Gasteiger partial charge on any atom is -0.478 e. The van der Waals surface area contributed by atoms with Gasteiger partial charge in [0.15, 0.2) is 0 Å². The Hall–Kier alpha value is -1.00. The molecule has 0 radical (unpaired) electrons. The van der Waals surface area contributed by atoms with Crippen molar-refractivity contribution in [2.24, 2.45) is 0 Å². The summed E-state index contributed by atoms with van der Waals surface area (Å²) in [7, 11) is 0. The Morgan fingerprint density at radius 3 is 2.80 bits per heavy atom. The standard InChI is InChI=1S/C10H9BrClNO2/c11-3-1-2-6-4-7(12)5-8(9(6)13)10(14)15/h1-2,4-5H,3,13H2,(H,14,15). The van der Waals surface area contributed by atoms with Crippen LogP contribution in [0.3, 0.4) is 0 Å². The van der Waals surface area contributed by atoms with Gasteiger partial charge >= 0.3 is 5.97 Å². The molecule has 1 rings (SSSR count). The van der Waals surface area contributed by atoms with Crippen LogP contribution in [-0.4, -0.2) is 16.4 Å². The molecule has 1 aromatic carbocycles. The summed E-state index contributed by atoms with van der Waals surface area (Å²) in [6.45, 7) is 0. The van der Waals surface area contributed by atoms with Crippen molar-refractivity contribution in [1.82, 2.24) is 0 Å². The third kappa shape index (κ3) is 2.97. The van der Waals surface area contributed by atoms with Crippen LogP contribution in [0.1, 0.15) is 15.9 Å². The highest BCUT2D eigenvalue weighted by Crippen LogP contribution is 2.24. The van der Waals surface area contributed by atoms with Crippen molar-refractivity contribution in [1.29, 1.82) is 0 Å². The maximum absolute atomic E-state index is 10.8. The first kappa shape index (κ1) is 12.1. The molecule has 1 aromatic rings. The number of carboxylic acid groups (broad SMARTS) is 1. The normalized spacial score (nSPS) is 10.8. The summed E-state index contributed by atoms with van der Waals surface area (Å²) in [6, 6.07) is 2.97. The molecule has 0 aliphatic rings. The highest BCUT2D eigenvalue weighted by molar-refractivity contribution is 9.09. The molecule has 0 aliphatic carbocycles. The van der Waals surface area contributed by atoms with Gasteiger partial charge in [-0.25, -0.2) is 4.79 Å². The van der Waals surface area contributed by atoms with Gasteiger partial charge < -0.3 is 10.8 Å². The van der Waals surface area contributed by atoms with Gasteiger partial charge in [0, 0.05) is 10.4 Å². The van der Waals surface area contributed by atoms with E-state index in [1.54, 1.807) is 12.1 Å². The van der Waals surface area contributed by atoms with Gasteiger partial charge in [-0.3, -0.25) is 0 Å². The Labute approximate surface area is 101 Å². The molecular weight excluding hydrogens is 281 g/mol. The minimum atomic E-state index is -1.08. The smallest absolute Gasteiger partial charge is 0.337 e. The number of anilines is 1. The quantitative estimate of drug-likeness (QED) is 0.664. The van der Waals surface area contributed by atoms with E-state index in [-0.39, 0.29) is 11.3 Å². The zero-order valence-corrected chi connectivity index (χ0v) is 10.0. The molecule has 3 N–H and O–H groups in total. The predicted octanol–water partition coefficient (Wildman–Crippen LogP) is 3.03. The molecule has 0 saturated carbocycles. The number of hydrogen-bond donors (Lipinski definition) is 2. The van der Waals surface area contributed by atoms with Gasteiger partial charge in [0.1, 0.15) is 0 Å². The van der Waals surface area contributed by atoms with E-state index in [1.165, 1.54) is 6.07 Å². The van der Waals surface area contributed by atoms with Crippen LogP contribution in [0, 0.1) is 0 Å². The number of carboxylic acids is 1. The van der Waals surface area contributed by atoms with Crippen LogP contribution in [0.25, 0.3) is 6.08 Å². The first-order valence-electron chi connectivity index (χ1n) is 4.11. The summed E-state index contributed by atoms with van der Waals surface area (Å²) in [5, 5.41) is 9.89. The van der Waals surface area contributed by atoms with Crippen molar-refractivity contribution in [3.8, 4) is 0 Å². The Morgan fingerprint density at radius 1 is 1.60 bits per heavy atom. The number of alkyl halides is 1. The van der Waals surface area contributed by atoms with Gasteiger partial charge in [-0.05, 0) is 17.7 Å². The molecule has 80 valence electrons. The molecule has 0 unspecified atom stereocenters. The third-order valence-electron chi connectivity index (χ3n) is 1.79. The lowest BCUT2D eigenvalue weighted by Crippen LogP contribution is -2.04. The van der Waals surface area contributed by atoms with Crippen LogP contribution in [-0.2, 0) is 0 Å². The molecule has 0 aliphatic heterocycles. The van der Waals surface area contributed by atoms with Gasteiger partial charge in [0.25, 0.3) is 0 Å².